The van der Waals surface area contributed by atoms with E-state index in [2.05, 4.69) is 16.5 Å². The number of hydrogen-bond donors (Lipinski definition) is 1. The predicted octanol–water partition coefficient (Wildman–Crippen LogP) is 4.69. The lowest BCUT2D eigenvalue weighted by Crippen LogP contribution is -2.17. The molecule has 4 aromatic rings. The van der Waals surface area contributed by atoms with E-state index < -0.39 is 10.8 Å². The molecule has 33 heavy (non-hydrogen) atoms. The molecule has 2 heterocycles. The van der Waals surface area contributed by atoms with Gasteiger partial charge < -0.3 is 5.32 Å². The average Bonchev–Trinajstić information content (AvgIpc) is 3.16. The number of nitro benzene ring substituents is 1. The first-order chi connectivity index (χ1) is 15.7. The first kappa shape index (κ1) is 21.6. The second kappa shape index (κ2) is 8.16. The third-order valence-electron chi connectivity index (χ3n) is 5.44. The van der Waals surface area contributed by atoms with Crippen molar-refractivity contribution in [3.8, 4) is 11.9 Å². The Balaban J connectivity index is 1.78. The van der Waals surface area contributed by atoms with Crippen LogP contribution in [-0.4, -0.2) is 25.6 Å². The number of nitrogens with zero attached hydrogens (tertiary/aromatic N) is 5. The molecule has 164 valence electrons. The normalized spacial score (nSPS) is 10.8. The average molecular weight is 440 g/mol. The smallest absolute Gasteiger partial charge is 0.272 e. The molecule has 0 aliphatic carbocycles. The number of carbonyl (C=O) groups excluding carboxylic acids is 1. The minimum atomic E-state index is -0.518. The molecule has 9 nitrogen and oxygen atoms in total. The third kappa shape index (κ3) is 3.90. The van der Waals surface area contributed by atoms with Crippen molar-refractivity contribution in [2.24, 2.45) is 0 Å². The summed E-state index contributed by atoms with van der Waals surface area (Å²) in [6, 6.07) is 12.1. The molecule has 0 saturated carbocycles. The molecule has 0 saturated heterocycles. The van der Waals surface area contributed by atoms with E-state index in [0.29, 0.717) is 11.4 Å². The van der Waals surface area contributed by atoms with Gasteiger partial charge in [0, 0.05) is 22.6 Å². The van der Waals surface area contributed by atoms with Crippen molar-refractivity contribution >= 4 is 28.3 Å². The third-order valence-corrected chi connectivity index (χ3v) is 5.44. The van der Waals surface area contributed by atoms with Gasteiger partial charge in [-0.25, -0.2) is 4.98 Å². The van der Waals surface area contributed by atoms with Crippen LogP contribution in [0.3, 0.4) is 0 Å². The molecule has 0 aliphatic rings. The first-order valence-electron chi connectivity index (χ1n) is 10.1. The van der Waals surface area contributed by atoms with Crippen LogP contribution in [0.15, 0.2) is 42.6 Å². The summed E-state index contributed by atoms with van der Waals surface area (Å²) < 4.78 is 1.42. The number of pyridine rings is 1. The van der Waals surface area contributed by atoms with E-state index in [1.807, 2.05) is 39.0 Å². The number of hydrogen-bond acceptors (Lipinski definition) is 6. The fourth-order valence-corrected chi connectivity index (χ4v) is 3.84. The standard InChI is InChI=1S/C24H20N6O3/c1-13-7-16(4)22-19(8-13)14(2)10-21(27-22)29-23(18(11-25)12-26-29)28-24(31)17-5-6-20(30(32)33)15(3)9-17/h5-10,12H,1-4H3,(H,28,31). The van der Waals surface area contributed by atoms with E-state index in [1.54, 1.807) is 6.92 Å². The molecule has 4 rings (SSSR count). The highest BCUT2D eigenvalue weighted by molar-refractivity contribution is 6.05. The number of aryl methyl sites for hydroxylation is 4. The summed E-state index contributed by atoms with van der Waals surface area (Å²) in [6.07, 6.45) is 1.36. The highest BCUT2D eigenvalue weighted by Gasteiger charge is 2.20. The van der Waals surface area contributed by atoms with Gasteiger partial charge in [0.2, 0.25) is 0 Å². The van der Waals surface area contributed by atoms with Crippen LogP contribution in [0.2, 0.25) is 0 Å². The molecule has 0 bridgehead atoms. The van der Waals surface area contributed by atoms with Gasteiger partial charge in [-0.3, -0.25) is 14.9 Å². The Hall–Kier alpha value is -4.58. The molecule has 2 aromatic heterocycles. The molecule has 0 radical (unpaired) electrons. The number of aromatic nitrogens is 3. The highest BCUT2D eigenvalue weighted by atomic mass is 16.6. The summed E-state index contributed by atoms with van der Waals surface area (Å²) >= 11 is 0. The second-order valence-corrected chi connectivity index (χ2v) is 7.92. The van der Waals surface area contributed by atoms with Gasteiger partial charge in [0.15, 0.2) is 11.6 Å². The SMILES string of the molecule is Cc1cc(C)c2nc(-n3ncc(C#N)c3NC(=O)c3ccc([N+](=O)[O-])c(C)c3)cc(C)c2c1. The van der Waals surface area contributed by atoms with Gasteiger partial charge in [-0.2, -0.15) is 15.0 Å². The van der Waals surface area contributed by atoms with E-state index in [9.17, 15) is 20.2 Å². The van der Waals surface area contributed by atoms with E-state index in [-0.39, 0.29) is 22.6 Å². The monoisotopic (exact) mass is 440 g/mol. The molecule has 0 spiro atoms. The minimum absolute atomic E-state index is 0.0734. The fourth-order valence-electron chi connectivity index (χ4n) is 3.84. The molecule has 2 aromatic carbocycles. The number of fused-ring (bicyclic) bond motifs is 1. The molecule has 1 amide bonds. The number of carbonyl (C=O) groups is 1. The quantitative estimate of drug-likeness (QED) is 0.362. The molecule has 0 aliphatic heterocycles. The molecule has 9 heteroatoms. The zero-order valence-electron chi connectivity index (χ0n) is 18.5. The van der Waals surface area contributed by atoms with Crippen LogP contribution in [0.25, 0.3) is 16.7 Å². The van der Waals surface area contributed by atoms with Crippen molar-refractivity contribution in [2.45, 2.75) is 27.7 Å². The summed E-state index contributed by atoms with van der Waals surface area (Å²) in [4.78, 5) is 28.2. The molecule has 0 fully saturated rings. The summed E-state index contributed by atoms with van der Waals surface area (Å²) in [5.41, 5.74) is 4.62. The van der Waals surface area contributed by atoms with Crippen LogP contribution >= 0.6 is 0 Å². The summed E-state index contributed by atoms with van der Waals surface area (Å²) in [5, 5.41) is 28.6. The van der Waals surface area contributed by atoms with Crippen molar-refractivity contribution in [1.29, 1.82) is 5.26 Å². The van der Waals surface area contributed by atoms with Gasteiger partial charge in [0.1, 0.15) is 11.6 Å². The van der Waals surface area contributed by atoms with Gasteiger partial charge in [0.25, 0.3) is 11.6 Å². The van der Waals surface area contributed by atoms with Crippen molar-refractivity contribution < 1.29 is 9.72 Å². The van der Waals surface area contributed by atoms with Crippen LogP contribution in [0.4, 0.5) is 11.5 Å². The van der Waals surface area contributed by atoms with Crippen molar-refractivity contribution in [2.75, 3.05) is 5.32 Å². The van der Waals surface area contributed by atoms with Gasteiger partial charge in [-0.15, -0.1) is 0 Å². The molecule has 1 N–H and O–H groups in total. The Bertz CT molecular complexity index is 1500. The Morgan fingerprint density at radius 1 is 1.09 bits per heavy atom. The highest BCUT2D eigenvalue weighted by Crippen LogP contribution is 2.27. The van der Waals surface area contributed by atoms with Crippen LogP contribution in [0, 0.1) is 49.1 Å². The van der Waals surface area contributed by atoms with Crippen LogP contribution < -0.4 is 5.32 Å². The first-order valence-corrected chi connectivity index (χ1v) is 10.1. The molecule has 0 atom stereocenters. The van der Waals surface area contributed by atoms with Crippen molar-refractivity contribution in [3.63, 3.8) is 0 Å². The Morgan fingerprint density at radius 2 is 1.85 bits per heavy atom. The second-order valence-electron chi connectivity index (χ2n) is 7.92. The zero-order chi connectivity index (χ0) is 23.9. The maximum Gasteiger partial charge on any atom is 0.272 e. The van der Waals surface area contributed by atoms with E-state index in [0.717, 1.165) is 27.6 Å². The Morgan fingerprint density at radius 3 is 2.52 bits per heavy atom. The molecular weight excluding hydrogens is 420 g/mol. The Labute approximate surface area is 189 Å². The number of benzene rings is 2. The Kier molecular flexibility index (Phi) is 5.35. The van der Waals surface area contributed by atoms with Crippen molar-refractivity contribution in [3.05, 3.63) is 86.1 Å². The maximum atomic E-state index is 12.9. The lowest BCUT2D eigenvalue weighted by Gasteiger charge is -2.13. The number of nitro groups is 1. The summed E-state index contributed by atoms with van der Waals surface area (Å²) in [6.45, 7) is 7.54. The number of rotatable bonds is 4. The number of amides is 1. The van der Waals surface area contributed by atoms with Crippen LogP contribution in [0.5, 0.6) is 0 Å². The minimum Gasteiger partial charge on any atom is -0.305 e. The number of nitrogens with one attached hydrogen (secondary N) is 1. The van der Waals surface area contributed by atoms with E-state index in [1.165, 1.54) is 29.1 Å². The maximum absolute atomic E-state index is 12.9. The van der Waals surface area contributed by atoms with Gasteiger partial charge >= 0.3 is 0 Å². The van der Waals surface area contributed by atoms with Crippen LogP contribution in [0.1, 0.15) is 38.2 Å². The van der Waals surface area contributed by atoms with Crippen LogP contribution in [-0.2, 0) is 0 Å². The molecule has 0 unspecified atom stereocenters. The van der Waals surface area contributed by atoms with E-state index >= 15 is 0 Å². The summed E-state index contributed by atoms with van der Waals surface area (Å²) in [5.74, 6) is 0.119. The summed E-state index contributed by atoms with van der Waals surface area (Å²) in [7, 11) is 0. The fraction of sp³-hybridized carbons (Fsp3) is 0.167. The van der Waals surface area contributed by atoms with Crippen molar-refractivity contribution in [1.82, 2.24) is 14.8 Å². The molecular formula is C24H20N6O3. The predicted molar refractivity (Wildman–Crippen MR) is 124 cm³/mol. The largest absolute Gasteiger partial charge is 0.305 e. The lowest BCUT2D eigenvalue weighted by molar-refractivity contribution is -0.385. The number of nitriles is 1. The lowest BCUT2D eigenvalue weighted by atomic mass is 10.0. The van der Waals surface area contributed by atoms with Gasteiger partial charge in [-0.05, 0) is 63.1 Å². The van der Waals surface area contributed by atoms with Gasteiger partial charge in [-0.1, -0.05) is 11.6 Å². The number of anilines is 1. The van der Waals surface area contributed by atoms with E-state index in [4.69, 9.17) is 4.98 Å². The topological polar surface area (TPSA) is 127 Å². The van der Waals surface area contributed by atoms with Gasteiger partial charge in [0.05, 0.1) is 16.6 Å². The zero-order valence-corrected chi connectivity index (χ0v) is 18.5.